The van der Waals surface area contributed by atoms with Crippen molar-refractivity contribution in [2.75, 3.05) is 31.5 Å². The van der Waals surface area contributed by atoms with Crippen LogP contribution in [0.5, 0.6) is 0 Å². The molecule has 2 aliphatic rings. The van der Waals surface area contributed by atoms with Crippen LogP contribution in [0.3, 0.4) is 0 Å². The van der Waals surface area contributed by atoms with Crippen molar-refractivity contribution in [1.82, 2.24) is 19.8 Å². The van der Waals surface area contributed by atoms with Crippen molar-refractivity contribution in [3.05, 3.63) is 60.4 Å². The first-order valence-electron chi connectivity index (χ1n) is 14.4. The fourth-order valence-electron chi connectivity index (χ4n) is 5.58. The highest BCUT2D eigenvalue weighted by Crippen LogP contribution is 2.23. The summed E-state index contributed by atoms with van der Waals surface area (Å²) >= 11 is 0. The number of fused-ring (bicyclic) bond motifs is 1. The Morgan fingerprint density at radius 3 is 2.70 bits per heavy atom. The fourth-order valence-corrected chi connectivity index (χ4v) is 6.67. The highest BCUT2D eigenvalue weighted by molar-refractivity contribution is 7.89. The number of furan rings is 1. The molecule has 226 valence electrons. The number of hydrogen-bond donors (Lipinski definition) is 3. The lowest BCUT2D eigenvalue weighted by atomic mass is 10.1. The van der Waals surface area contributed by atoms with Crippen LogP contribution >= 0.6 is 0 Å². The van der Waals surface area contributed by atoms with Crippen molar-refractivity contribution in [2.45, 2.75) is 56.0 Å². The predicted octanol–water partition coefficient (Wildman–Crippen LogP) is 2.93. The zero-order valence-corrected chi connectivity index (χ0v) is 24.8. The van der Waals surface area contributed by atoms with E-state index in [1.54, 1.807) is 29.2 Å². The summed E-state index contributed by atoms with van der Waals surface area (Å²) < 4.78 is 33.6. The Kier molecular flexibility index (Phi) is 9.27. The van der Waals surface area contributed by atoms with Crippen LogP contribution in [-0.2, 0) is 19.6 Å². The van der Waals surface area contributed by atoms with E-state index < -0.39 is 16.1 Å². The molecule has 2 fully saturated rings. The first-order valence-corrected chi connectivity index (χ1v) is 15.8. The number of nitrogens with one attached hydrogen (secondary N) is 3. The number of rotatable bonds is 8. The smallest absolute Gasteiger partial charge is 0.247 e. The van der Waals surface area contributed by atoms with Crippen molar-refractivity contribution in [3.63, 3.8) is 0 Å². The molecule has 0 bridgehead atoms. The maximum absolute atomic E-state index is 13.6. The van der Waals surface area contributed by atoms with Crippen LogP contribution in [0.1, 0.15) is 37.9 Å². The quantitative estimate of drug-likeness (QED) is 0.153. The van der Waals surface area contributed by atoms with Crippen LogP contribution in [0.2, 0.25) is 0 Å². The molecule has 0 saturated carbocycles. The van der Waals surface area contributed by atoms with Gasteiger partial charge in [-0.25, -0.2) is 18.1 Å². The Morgan fingerprint density at radius 2 is 1.91 bits per heavy atom. The Morgan fingerprint density at radius 1 is 1.09 bits per heavy atom. The summed E-state index contributed by atoms with van der Waals surface area (Å²) in [5.74, 6) is 0.408. The van der Waals surface area contributed by atoms with Crippen LogP contribution in [0.25, 0.3) is 11.0 Å². The molecule has 43 heavy (non-hydrogen) atoms. The third-order valence-electron chi connectivity index (χ3n) is 7.70. The van der Waals surface area contributed by atoms with Crippen molar-refractivity contribution < 1.29 is 22.4 Å². The van der Waals surface area contributed by atoms with Gasteiger partial charge in [0.05, 0.1) is 11.4 Å². The molecule has 0 spiro atoms. The van der Waals surface area contributed by atoms with Gasteiger partial charge in [-0.15, -0.1) is 0 Å². The van der Waals surface area contributed by atoms with Gasteiger partial charge in [-0.05, 0) is 75.4 Å². The fraction of sp³-hybridized carbons (Fsp3) is 0.400. The SMILES string of the molecule is Cc1cc2cc(NC(=NC3CCCCN(CC(=O)N4CCCC4CNS(=O)(=O)c4ccccc4)C3=O)NC#N)ccc2o1. The molecule has 2 aliphatic heterocycles. The molecule has 1 aromatic heterocycles. The summed E-state index contributed by atoms with van der Waals surface area (Å²) in [5, 5.41) is 15.8. The normalized spacial score (nSPS) is 19.7. The van der Waals surface area contributed by atoms with Gasteiger partial charge in [0.2, 0.25) is 27.8 Å². The van der Waals surface area contributed by atoms with Crippen molar-refractivity contribution in [1.29, 1.82) is 5.26 Å². The molecule has 0 radical (unpaired) electrons. The molecular weight excluding hydrogens is 570 g/mol. The molecule has 2 aromatic carbocycles. The van der Waals surface area contributed by atoms with Gasteiger partial charge in [0.25, 0.3) is 0 Å². The van der Waals surface area contributed by atoms with Crippen molar-refractivity contribution in [3.8, 4) is 6.19 Å². The van der Waals surface area contributed by atoms with Crippen LogP contribution < -0.4 is 15.4 Å². The monoisotopic (exact) mass is 605 g/mol. The van der Waals surface area contributed by atoms with E-state index in [4.69, 9.17) is 4.42 Å². The van der Waals surface area contributed by atoms with E-state index in [1.807, 2.05) is 31.3 Å². The topological polar surface area (TPSA) is 160 Å². The molecule has 2 saturated heterocycles. The van der Waals surface area contributed by atoms with Gasteiger partial charge in [-0.2, -0.15) is 5.26 Å². The van der Waals surface area contributed by atoms with Gasteiger partial charge < -0.3 is 19.5 Å². The predicted molar refractivity (Wildman–Crippen MR) is 161 cm³/mol. The van der Waals surface area contributed by atoms with Crippen LogP contribution in [0.15, 0.2) is 68.9 Å². The van der Waals surface area contributed by atoms with Crippen LogP contribution in [0, 0.1) is 18.4 Å². The average molecular weight is 606 g/mol. The second-order valence-corrected chi connectivity index (χ2v) is 12.5. The number of sulfonamides is 1. The van der Waals surface area contributed by atoms with Gasteiger partial charge in [-0.3, -0.25) is 14.9 Å². The van der Waals surface area contributed by atoms with Crippen LogP contribution in [-0.4, -0.2) is 74.3 Å². The molecule has 3 heterocycles. The third-order valence-corrected chi connectivity index (χ3v) is 9.14. The van der Waals surface area contributed by atoms with Gasteiger partial charge >= 0.3 is 0 Å². The minimum absolute atomic E-state index is 0.100. The molecule has 13 heteroatoms. The number of hydrogen-bond acceptors (Lipinski definition) is 7. The largest absolute Gasteiger partial charge is 0.461 e. The summed E-state index contributed by atoms with van der Waals surface area (Å²) in [5.41, 5.74) is 1.41. The van der Waals surface area contributed by atoms with E-state index in [-0.39, 0.29) is 41.8 Å². The van der Waals surface area contributed by atoms with Crippen molar-refractivity contribution in [2.24, 2.45) is 4.99 Å². The zero-order chi connectivity index (χ0) is 30.4. The average Bonchev–Trinajstić information content (AvgIpc) is 3.58. The standard InChI is InChI=1S/C30H35N7O5S/c1-21-16-22-17-23(12-13-27(22)42-21)34-30(32-20-31)35-26-11-5-6-14-36(29(26)39)19-28(38)37-15-7-8-24(37)18-33-43(40,41)25-9-3-2-4-10-25/h2-4,9-10,12-13,16-17,24,26,33H,5-8,11,14-15,18-19H2,1H3,(H2,32,34,35). The minimum Gasteiger partial charge on any atom is -0.461 e. The van der Waals surface area contributed by atoms with E-state index in [2.05, 4.69) is 20.3 Å². The lowest BCUT2D eigenvalue weighted by Crippen LogP contribution is -2.49. The maximum atomic E-state index is 13.6. The van der Waals surface area contributed by atoms with Gasteiger partial charge in [0.1, 0.15) is 17.4 Å². The number of nitriles is 1. The lowest BCUT2D eigenvalue weighted by Gasteiger charge is -2.29. The Balaban J connectivity index is 1.24. The highest BCUT2D eigenvalue weighted by atomic mass is 32.2. The second-order valence-electron chi connectivity index (χ2n) is 10.8. The molecular formula is C30H35N7O5S. The third kappa shape index (κ3) is 7.33. The summed E-state index contributed by atoms with van der Waals surface area (Å²) in [7, 11) is -3.70. The van der Waals surface area contributed by atoms with Crippen LogP contribution in [0.4, 0.5) is 5.69 Å². The lowest BCUT2D eigenvalue weighted by molar-refractivity contribution is -0.141. The number of guanidine groups is 1. The Hall–Kier alpha value is -4.41. The molecule has 2 amide bonds. The van der Waals surface area contributed by atoms with E-state index in [0.717, 1.165) is 36.0 Å². The van der Waals surface area contributed by atoms with Gasteiger partial charge in [0, 0.05) is 36.7 Å². The first-order chi connectivity index (χ1) is 20.7. The maximum Gasteiger partial charge on any atom is 0.247 e. The number of amides is 2. The number of aliphatic imine (C=N–C) groups is 1. The summed E-state index contributed by atoms with van der Waals surface area (Å²) in [6, 6.07) is 14.4. The van der Waals surface area contributed by atoms with E-state index >= 15 is 0 Å². The van der Waals surface area contributed by atoms with Crippen molar-refractivity contribution >= 4 is 44.5 Å². The number of aryl methyl sites for hydroxylation is 1. The Bertz CT molecular complexity index is 1650. The summed E-state index contributed by atoms with van der Waals surface area (Å²) in [6.07, 6.45) is 5.23. The number of carbonyl (C=O) groups excluding carboxylic acids is 2. The summed E-state index contributed by atoms with van der Waals surface area (Å²) in [4.78, 5) is 34.9. The van der Waals surface area contributed by atoms with E-state index in [0.29, 0.717) is 31.6 Å². The van der Waals surface area contributed by atoms with E-state index in [1.165, 1.54) is 17.0 Å². The van der Waals surface area contributed by atoms with E-state index in [9.17, 15) is 23.3 Å². The molecule has 5 rings (SSSR count). The molecule has 2 atom stereocenters. The number of anilines is 1. The number of nitrogens with zero attached hydrogens (tertiary/aromatic N) is 4. The molecule has 2 unspecified atom stereocenters. The molecule has 12 nitrogen and oxygen atoms in total. The number of likely N-dealkylation sites (tertiary alicyclic amines) is 2. The summed E-state index contributed by atoms with van der Waals surface area (Å²) in [6.45, 7) is 2.77. The molecule has 3 aromatic rings. The minimum atomic E-state index is -3.70. The second kappa shape index (κ2) is 13.3. The molecule has 0 aliphatic carbocycles. The number of carbonyl (C=O) groups is 2. The number of benzene rings is 2. The van der Waals surface area contributed by atoms with Gasteiger partial charge in [0.15, 0.2) is 6.19 Å². The zero-order valence-electron chi connectivity index (χ0n) is 24.0. The Labute approximate surface area is 250 Å². The highest BCUT2D eigenvalue weighted by Gasteiger charge is 2.34. The van der Waals surface area contributed by atoms with Gasteiger partial charge in [-0.1, -0.05) is 18.2 Å². The molecule has 3 N–H and O–H groups in total. The first kappa shape index (κ1) is 30.1.